The Bertz CT molecular complexity index is 746. The van der Waals surface area contributed by atoms with Gasteiger partial charge in [-0.25, -0.2) is 0 Å². The SMILES string of the molecule is NCCC(=O)NCc1cccc2c1CN(C1CCC(=O)NC1=O)C2=O. The van der Waals surface area contributed by atoms with E-state index in [1.165, 1.54) is 4.90 Å². The fourth-order valence-electron chi connectivity index (χ4n) is 3.23. The van der Waals surface area contributed by atoms with Crippen molar-refractivity contribution >= 4 is 23.6 Å². The summed E-state index contributed by atoms with van der Waals surface area (Å²) < 4.78 is 0. The maximum absolute atomic E-state index is 12.7. The van der Waals surface area contributed by atoms with Gasteiger partial charge >= 0.3 is 0 Å². The fraction of sp³-hybridized carbons (Fsp3) is 0.412. The van der Waals surface area contributed by atoms with Crippen molar-refractivity contribution in [3.05, 3.63) is 34.9 Å². The molecule has 0 radical (unpaired) electrons. The van der Waals surface area contributed by atoms with E-state index in [1.807, 2.05) is 6.07 Å². The molecule has 0 aliphatic carbocycles. The van der Waals surface area contributed by atoms with Crippen LogP contribution >= 0.6 is 0 Å². The van der Waals surface area contributed by atoms with Crippen LogP contribution in [0.1, 0.15) is 40.7 Å². The van der Waals surface area contributed by atoms with E-state index < -0.39 is 11.9 Å². The lowest BCUT2D eigenvalue weighted by atomic mass is 10.0. The Labute approximate surface area is 144 Å². The number of piperidine rings is 1. The summed E-state index contributed by atoms with van der Waals surface area (Å²) in [4.78, 5) is 49.2. The molecule has 8 heteroatoms. The Morgan fingerprint density at radius 3 is 2.84 bits per heavy atom. The van der Waals surface area contributed by atoms with E-state index in [1.54, 1.807) is 12.1 Å². The van der Waals surface area contributed by atoms with Crippen LogP contribution in [0.2, 0.25) is 0 Å². The smallest absolute Gasteiger partial charge is 0.255 e. The molecule has 1 fully saturated rings. The van der Waals surface area contributed by atoms with Crippen LogP contribution in [0.15, 0.2) is 18.2 Å². The van der Waals surface area contributed by atoms with Crippen molar-refractivity contribution in [2.75, 3.05) is 6.54 Å². The predicted molar refractivity (Wildman–Crippen MR) is 88.0 cm³/mol. The van der Waals surface area contributed by atoms with Crippen LogP contribution in [0.3, 0.4) is 0 Å². The highest BCUT2D eigenvalue weighted by atomic mass is 16.2. The molecule has 8 nitrogen and oxygen atoms in total. The van der Waals surface area contributed by atoms with Crippen molar-refractivity contribution in [3.63, 3.8) is 0 Å². The van der Waals surface area contributed by atoms with Gasteiger partial charge in [-0.2, -0.15) is 0 Å². The van der Waals surface area contributed by atoms with Crippen LogP contribution in [0.4, 0.5) is 0 Å². The molecular weight excluding hydrogens is 324 g/mol. The van der Waals surface area contributed by atoms with Crippen LogP contribution in [0, 0.1) is 0 Å². The van der Waals surface area contributed by atoms with Crippen LogP contribution in [-0.2, 0) is 27.5 Å². The van der Waals surface area contributed by atoms with Crippen LogP contribution in [-0.4, -0.2) is 41.1 Å². The number of carbonyl (C=O) groups is 4. The summed E-state index contributed by atoms with van der Waals surface area (Å²) in [7, 11) is 0. The Morgan fingerprint density at radius 1 is 1.32 bits per heavy atom. The minimum atomic E-state index is -0.641. The van der Waals surface area contributed by atoms with Gasteiger partial charge in [-0.3, -0.25) is 24.5 Å². The molecule has 1 aromatic rings. The van der Waals surface area contributed by atoms with Gasteiger partial charge in [-0.05, 0) is 23.6 Å². The number of hydrogen-bond donors (Lipinski definition) is 3. The highest BCUT2D eigenvalue weighted by molar-refractivity contribution is 6.05. The van der Waals surface area contributed by atoms with Crippen molar-refractivity contribution in [2.24, 2.45) is 5.73 Å². The Morgan fingerprint density at radius 2 is 2.12 bits per heavy atom. The van der Waals surface area contributed by atoms with Gasteiger partial charge in [-0.15, -0.1) is 0 Å². The second-order valence-corrected chi connectivity index (χ2v) is 6.16. The van der Waals surface area contributed by atoms with Crippen LogP contribution in [0.25, 0.3) is 0 Å². The first-order chi connectivity index (χ1) is 12.0. The van der Waals surface area contributed by atoms with Crippen molar-refractivity contribution in [1.29, 1.82) is 0 Å². The zero-order valence-electron chi connectivity index (χ0n) is 13.7. The lowest BCUT2D eigenvalue weighted by Gasteiger charge is -2.29. The molecule has 0 aromatic heterocycles. The van der Waals surface area contributed by atoms with Gasteiger partial charge in [0.05, 0.1) is 0 Å². The zero-order chi connectivity index (χ0) is 18.0. The Hall–Kier alpha value is -2.74. The summed E-state index contributed by atoms with van der Waals surface area (Å²) in [6, 6.07) is 4.68. The summed E-state index contributed by atoms with van der Waals surface area (Å²) >= 11 is 0. The lowest BCUT2D eigenvalue weighted by molar-refractivity contribution is -0.137. The Kier molecular flexibility index (Phi) is 4.80. The molecule has 1 unspecified atom stereocenters. The number of rotatable bonds is 5. The lowest BCUT2D eigenvalue weighted by Crippen LogP contribution is -2.52. The molecule has 1 atom stereocenters. The molecule has 4 N–H and O–H groups in total. The third kappa shape index (κ3) is 3.39. The van der Waals surface area contributed by atoms with E-state index in [9.17, 15) is 19.2 Å². The molecular formula is C17H20N4O4. The molecule has 2 heterocycles. The van der Waals surface area contributed by atoms with Gasteiger partial charge < -0.3 is 16.0 Å². The van der Waals surface area contributed by atoms with Crippen LogP contribution < -0.4 is 16.4 Å². The first-order valence-electron chi connectivity index (χ1n) is 8.23. The van der Waals surface area contributed by atoms with Gasteiger partial charge in [0.1, 0.15) is 6.04 Å². The number of fused-ring (bicyclic) bond motifs is 1. The number of amides is 4. The number of hydrogen-bond acceptors (Lipinski definition) is 5. The number of nitrogens with zero attached hydrogens (tertiary/aromatic N) is 1. The number of benzene rings is 1. The first-order valence-corrected chi connectivity index (χ1v) is 8.23. The summed E-state index contributed by atoms with van der Waals surface area (Å²) in [6.07, 6.45) is 0.794. The molecule has 3 rings (SSSR count). The fourth-order valence-corrected chi connectivity index (χ4v) is 3.23. The molecule has 4 amide bonds. The van der Waals surface area contributed by atoms with Gasteiger partial charge in [-0.1, -0.05) is 12.1 Å². The summed E-state index contributed by atoms with van der Waals surface area (Å²) in [6.45, 7) is 0.877. The molecule has 2 aliphatic rings. The van der Waals surface area contributed by atoms with Crippen molar-refractivity contribution in [3.8, 4) is 0 Å². The van der Waals surface area contributed by atoms with E-state index >= 15 is 0 Å². The molecule has 0 spiro atoms. The minimum Gasteiger partial charge on any atom is -0.352 e. The van der Waals surface area contributed by atoms with E-state index in [2.05, 4.69) is 10.6 Å². The van der Waals surface area contributed by atoms with Gasteiger partial charge in [0.2, 0.25) is 17.7 Å². The van der Waals surface area contributed by atoms with Crippen LogP contribution in [0.5, 0.6) is 0 Å². The van der Waals surface area contributed by atoms with Crippen molar-refractivity contribution in [2.45, 2.75) is 38.4 Å². The average Bonchev–Trinajstić information content (AvgIpc) is 2.91. The first kappa shape index (κ1) is 17.1. The molecule has 0 saturated carbocycles. The van der Waals surface area contributed by atoms with E-state index in [0.29, 0.717) is 25.1 Å². The molecule has 1 aromatic carbocycles. The third-order valence-corrected chi connectivity index (χ3v) is 4.53. The van der Waals surface area contributed by atoms with Crippen molar-refractivity contribution in [1.82, 2.24) is 15.5 Å². The second-order valence-electron chi connectivity index (χ2n) is 6.16. The summed E-state index contributed by atoms with van der Waals surface area (Å²) in [5.74, 6) is -1.12. The van der Waals surface area contributed by atoms with E-state index in [-0.39, 0.29) is 37.1 Å². The largest absolute Gasteiger partial charge is 0.352 e. The highest BCUT2D eigenvalue weighted by Crippen LogP contribution is 2.29. The zero-order valence-corrected chi connectivity index (χ0v) is 13.7. The molecule has 1 saturated heterocycles. The van der Waals surface area contributed by atoms with Gasteiger partial charge in [0.25, 0.3) is 5.91 Å². The number of nitrogens with two attached hydrogens (primary N) is 1. The second kappa shape index (κ2) is 7.02. The number of imide groups is 1. The molecule has 0 bridgehead atoms. The number of nitrogens with one attached hydrogen (secondary N) is 2. The summed E-state index contributed by atoms with van der Waals surface area (Å²) in [5.41, 5.74) is 7.54. The standard InChI is InChI=1S/C17H20N4O4/c18-7-6-14(22)19-8-10-2-1-3-11-12(10)9-21(17(11)25)13-4-5-15(23)20-16(13)24/h1-3,13H,4-9,18H2,(H,19,22)(H,20,23,24). The average molecular weight is 344 g/mol. The highest BCUT2D eigenvalue weighted by Gasteiger charge is 2.39. The Balaban J connectivity index is 1.77. The maximum Gasteiger partial charge on any atom is 0.255 e. The topological polar surface area (TPSA) is 122 Å². The minimum absolute atomic E-state index is 0.147. The van der Waals surface area contributed by atoms with E-state index in [0.717, 1.165) is 11.1 Å². The van der Waals surface area contributed by atoms with Gasteiger partial charge in [0, 0.05) is 38.0 Å². The van der Waals surface area contributed by atoms with Crippen molar-refractivity contribution < 1.29 is 19.2 Å². The van der Waals surface area contributed by atoms with E-state index in [4.69, 9.17) is 5.73 Å². The molecule has 132 valence electrons. The third-order valence-electron chi connectivity index (χ3n) is 4.53. The predicted octanol–water partition coefficient (Wildman–Crippen LogP) is -0.587. The monoisotopic (exact) mass is 344 g/mol. The summed E-state index contributed by atoms with van der Waals surface area (Å²) in [5, 5.41) is 5.06. The quantitative estimate of drug-likeness (QED) is 0.617. The molecule has 2 aliphatic heterocycles. The van der Waals surface area contributed by atoms with Gasteiger partial charge in [0.15, 0.2) is 0 Å². The maximum atomic E-state index is 12.7. The molecule has 25 heavy (non-hydrogen) atoms. The normalized spacial score (nSPS) is 19.6. The number of carbonyl (C=O) groups excluding carboxylic acids is 4.